The maximum Gasteiger partial charge on any atom is 0.418 e. The molecule has 0 aliphatic carbocycles. The van der Waals surface area contributed by atoms with E-state index in [1.54, 1.807) is 12.3 Å². The van der Waals surface area contributed by atoms with Gasteiger partial charge in [0.05, 0.1) is 11.1 Å². The molecule has 0 fully saturated rings. The molecule has 0 aliphatic heterocycles. The smallest absolute Gasteiger partial charge is 0.381 e. The summed E-state index contributed by atoms with van der Waals surface area (Å²) in [6.45, 7) is 0.618. The van der Waals surface area contributed by atoms with Crippen LogP contribution in [0.3, 0.4) is 0 Å². The van der Waals surface area contributed by atoms with Gasteiger partial charge in [0.15, 0.2) is 0 Å². The van der Waals surface area contributed by atoms with Crippen molar-refractivity contribution in [3.05, 3.63) is 132 Å². The number of nitrogens with zero attached hydrogens (tertiary/aromatic N) is 1. The van der Waals surface area contributed by atoms with Crippen molar-refractivity contribution in [3.63, 3.8) is 0 Å². The molecular weight excluding hydrogens is 445 g/mol. The molecule has 1 heterocycles. The molecule has 5 aromatic rings. The summed E-state index contributed by atoms with van der Waals surface area (Å²) in [7, 11) is 0. The molecule has 0 saturated carbocycles. The van der Waals surface area contributed by atoms with Crippen LogP contribution >= 0.6 is 0 Å². The molecular formula is C30H22F3N2. The number of rotatable bonds is 6. The second-order valence-electron chi connectivity index (χ2n) is 8.37. The van der Waals surface area contributed by atoms with Gasteiger partial charge in [-0.1, -0.05) is 72.8 Å². The average molecular weight is 468 g/mol. The van der Waals surface area contributed by atoms with E-state index in [4.69, 9.17) is 0 Å². The SMILES string of the molecule is FC(F)(F)c1cccc2c(-c3cccc(NCc4c[c]ccc4)c3)c(Cc3ccccc3)cnc12. The molecule has 4 aromatic carbocycles. The summed E-state index contributed by atoms with van der Waals surface area (Å²) >= 11 is 0. The van der Waals surface area contributed by atoms with Crippen LogP contribution in [-0.2, 0) is 19.1 Å². The number of halogens is 3. The van der Waals surface area contributed by atoms with Crippen molar-refractivity contribution >= 4 is 16.6 Å². The largest absolute Gasteiger partial charge is 0.418 e. The maximum absolute atomic E-state index is 13.8. The fourth-order valence-corrected chi connectivity index (χ4v) is 4.31. The predicted molar refractivity (Wildman–Crippen MR) is 134 cm³/mol. The van der Waals surface area contributed by atoms with E-state index in [1.807, 2.05) is 78.9 Å². The topological polar surface area (TPSA) is 24.9 Å². The zero-order chi connectivity index (χ0) is 24.3. The second kappa shape index (κ2) is 9.63. The van der Waals surface area contributed by atoms with Gasteiger partial charge in [0.2, 0.25) is 0 Å². The van der Waals surface area contributed by atoms with E-state index < -0.39 is 11.7 Å². The van der Waals surface area contributed by atoms with Gasteiger partial charge in [-0.3, -0.25) is 4.98 Å². The van der Waals surface area contributed by atoms with Crippen molar-refractivity contribution in [1.82, 2.24) is 4.98 Å². The van der Waals surface area contributed by atoms with E-state index in [-0.39, 0.29) is 5.52 Å². The number of benzene rings is 4. The van der Waals surface area contributed by atoms with Crippen molar-refractivity contribution in [1.29, 1.82) is 0 Å². The van der Waals surface area contributed by atoms with Gasteiger partial charge >= 0.3 is 6.18 Å². The van der Waals surface area contributed by atoms with Crippen molar-refractivity contribution < 1.29 is 13.2 Å². The Hall–Kier alpha value is -4.12. The Balaban J connectivity index is 1.62. The number of alkyl halides is 3. The van der Waals surface area contributed by atoms with Crippen LogP contribution in [-0.4, -0.2) is 4.98 Å². The third kappa shape index (κ3) is 5.04. The molecule has 0 saturated heterocycles. The van der Waals surface area contributed by atoms with E-state index in [9.17, 15) is 13.2 Å². The zero-order valence-corrected chi connectivity index (χ0v) is 18.8. The first-order valence-corrected chi connectivity index (χ1v) is 11.3. The van der Waals surface area contributed by atoms with Crippen LogP contribution in [0.2, 0.25) is 0 Å². The third-order valence-electron chi connectivity index (χ3n) is 5.94. The molecule has 1 N–H and O–H groups in total. The Bertz CT molecular complexity index is 1450. The lowest BCUT2D eigenvalue weighted by Crippen LogP contribution is -2.07. The Labute approximate surface area is 202 Å². The highest BCUT2D eigenvalue weighted by atomic mass is 19.4. The summed E-state index contributed by atoms with van der Waals surface area (Å²) < 4.78 is 41.3. The van der Waals surface area contributed by atoms with Crippen molar-refractivity contribution in [2.75, 3.05) is 5.32 Å². The molecule has 35 heavy (non-hydrogen) atoms. The number of aromatic nitrogens is 1. The molecule has 5 heteroatoms. The number of fused-ring (bicyclic) bond motifs is 1. The second-order valence-corrected chi connectivity index (χ2v) is 8.37. The molecule has 5 rings (SSSR count). The van der Waals surface area contributed by atoms with E-state index in [0.717, 1.165) is 39.6 Å². The molecule has 1 radical (unpaired) electrons. The number of nitrogens with one attached hydrogen (secondary N) is 1. The fraction of sp³-hybridized carbons (Fsp3) is 0.100. The molecule has 173 valence electrons. The number of pyridine rings is 1. The summed E-state index contributed by atoms with van der Waals surface area (Å²) in [6.07, 6.45) is -2.34. The van der Waals surface area contributed by atoms with Crippen LogP contribution in [0.5, 0.6) is 0 Å². The van der Waals surface area contributed by atoms with Gasteiger partial charge in [-0.05, 0) is 64.6 Å². The maximum atomic E-state index is 13.8. The molecule has 0 bridgehead atoms. The summed E-state index contributed by atoms with van der Waals surface area (Å²) in [5, 5.41) is 3.90. The van der Waals surface area contributed by atoms with Crippen LogP contribution < -0.4 is 5.32 Å². The quantitative estimate of drug-likeness (QED) is 0.274. The van der Waals surface area contributed by atoms with Gasteiger partial charge in [0, 0.05) is 23.8 Å². The number of hydrogen-bond acceptors (Lipinski definition) is 2. The third-order valence-corrected chi connectivity index (χ3v) is 5.94. The lowest BCUT2D eigenvalue weighted by molar-refractivity contribution is -0.136. The standard InChI is InChI=1S/C30H22F3N2/c31-30(32,33)27-16-8-15-26-28(24(20-35-29(26)27)17-21-9-3-1-4-10-21)23-13-7-14-25(18-23)34-19-22-11-5-2-6-12-22/h1-5,7-16,18,20,34H,17,19H2. The molecule has 0 unspecified atom stereocenters. The van der Waals surface area contributed by atoms with Gasteiger partial charge < -0.3 is 5.32 Å². The van der Waals surface area contributed by atoms with Crippen LogP contribution in [0.1, 0.15) is 22.3 Å². The molecule has 0 atom stereocenters. The first-order chi connectivity index (χ1) is 17.0. The van der Waals surface area contributed by atoms with E-state index in [0.29, 0.717) is 18.4 Å². The van der Waals surface area contributed by atoms with Gasteiger partial charge in [0.1, 0.15) is 0 Å². The van der Waals surface area contributed by atoms with Gasteiger partial charge in [-0.25, -0.2) is 0 Å². The van der Waals surface area contributed by atoms with Crippen molar-refractivity contribution in [2.45, 2.75) is 19.1 Å². The molecule has 2 nitrogen and oxygen atoms in total. The number of hydrogen-bond donors (Lipinski definition) is 1. The number of anilines is 1. The highest BCUT2D eigenvalue weighted by Gasteiger charge is 2.33. The summed E-state index contributed by atoms with van der Waals surface area (Å²) in [4.78, 5) is 4.29. The lowest BCUT2D eigenvalue weighted by Gasteiger charge is -2.17. The van der Waals surface area contributed by atoms with Crippen LogP contribution in [0.15, 0.2) is 103 Å². The molecule has 1 aromatic heterocycles. The highest BCUT2D eigenvalue weighted by molar-refractivity contribution is 5.98. The minimum Gasteiger partial charge on any atom is -0.381 e. The van der Waals surface area contributed by atoms with E-state index in [2.05, 4.69) is 16.4 Å². The molecule has 0 spiro atoms. The predicted octanol–water partition coefficient (Wildman–Crippen LogP) is 7.92. The minimum absolute atomic E-state index is 0.0370. The highest BCUT2D eigenvalue weighted by Crippen LogP contribution is 2.39. The summed E-state index contributed by atoms with van der Waals surface area (Å²) in [5.74, 6) is 0. The fourth-order valence-electron chi connectivity index (χ4n) is 4.31. The molecule has 0 aliphatic rings. The van der Waals surface area contributed by atoms with Gasteiger partial charge in [-0.2, -0.15) is 13.2 Å². The Kier molecular flexibility index (Phi) is 6.23. The van der Waals surface area contributed by atoms with Gasteiger partial charge in [0.25, 0.3) is 0 Å². The Morgan fingerprint density at radius 3 is 2.40 bits per heavy atom. The van der Waals surface area contributed by atoms with E-state index in [1.165, 1.54) is 6.07 Å². The lowest BCUT2D eigenvalue weighted by atomic mass is 9.91. The minimum atomic E-state index is -4.49. The average Bonchev–Trinajstić information content (AvgIpc) is 2.88. The van der Waals surface area contributed by atoms with Crippen LogP contribution in [0.4, 0.5) is 18.9 Å². The van der Waals surface area contributed by atoms with Gasteiger partial charge in [-0.15, -0.1) is 0 Å². The zero-order valence-electron chi connectivity index (χ0n) is 18.8. The number of para-hydroxylation sites is 1. The first-order valence-electron chi connectivity index (χ1n) is 11.3. The first kappa shape index (κ1) is 22.7. The van der Waals surface area contributed by atoms with Crippen LogP contribution in [0, 0.1) is 6.07 Å². The summed E-state index contributed by atoms with van der Waals surface area (Å²) in [5.41, 5.74) is 4.76. The van der Waals surface area contributed by atoms with E-state index >= 15 is 0 Å². The molecule has 0 amide bonds. The Morgan fingerprint density at radius 1 is 0.829 bits per heavy atom. The monoisotopic (exact) mass is 467 g/mol. The summed E-state index contributed by atoms with van der Waals surface area (Å²) in [6, 6.07) is 32.7. The van der Waals surface area contributed by atoms with Crippen LogP contribution in [0.25, 0.3) is 22.0 Å². The normalized spacial score (nSPS) is 11.5. The van der Waals surface area contributed by atoms with Crippen molar-refractivity contribution in [2.24, 2.45) is 0 Å². The van der Waals surface area contributed by atoms with Crippen molar-refractivity contribution in [3.8, 4) is 11.1 Å². The Morgan fingerprint density at radius 2 is 1.63 bits per heavy atom.